The van der Waals surface area contributed by atoms with Crippen molar-refractivity contribution in [1.29, 1.82) is 0 Å². The molecule has 128 valence electrons. The number of rotatable bonds is 5. The molecule has 0 aromatic rings. The molecule has 0 fully saturated rings. The van der Waals surface area contributed by atoms with Crippen LogP contribution in [0.25, 0.3) is 0 Å². The van der Waals surface area contributed by atoms with Crippen LogP contribution in [0.4, 0.5) is 9.59 Å². The quantitative estimate of drug-likeness (QED) is 0.570. The number of hydrogen-bond acceptors (Lipinski definition) is 6. The highest BCUT2D eigenvalue weighted by Gasteiger charge is 2.27. The van der Waals surface area contributed by atoms with Gasteiger partial charge < -0.3 is 19.2 Å². The minimum atomic E-state index is -0.836. The van der Waals surface area contributed by atoms with Crippen molar-refractivity contribution in [2.75, 3.05) is 26.7 Å². The molecule has 2 amide bonds. The fourth-order valence-electron chi connectivity index (χ4n) is 1.42. The summed E-state index contributed by atoms with van der Waals surface area (Å²) in [5, 5.41) is 0.739. The molecule has 0 atom stereocenters. The summed E-state index contributed by atoms with van der Waals surface area (Å²) < 4.78 is 9.66. The van der Waals surface area contributed by atoms with Crippen LogP contribution in [-0.2, 0) is 19.1 Å². The average molecular weight is 318 g/mol. The molecule has 0 aliphatic rings. The van der Waals surface area contributed by atoms with Crippen molar-refractivity contribution in [2.45, 2.75) is 46.6 Å². The fourth-order valence-corrected chi connectivity index (χ4v) is 1.42. The molecule has 8 nitrogen and oxygen atoms in total. The Balaban J connectivity index is 4.88. The number of amides is 2. The molecule has 0 bridgehead atoms. The van der Waals surface area contributed by atoms with Gasteiger partial charge >= 0.3 is 18.2 Å². The molecule has 22 heavy (non-hydrogen) atoms. The lowest BCUT2D eigenvalue weighted by Gasteiger charge is -2.27. The minimum absolute atomic E-state index is 0.110. The molecule has 0 aromatic heterocycles. The maximum Gasteiger partial charge on any atom is 0.443 e. The normalized spacial score (nSPS) is 10.6. The Kier molecular flexibility index (Phi) is 8.29. The summed E-state index contributed by atoms with van der Waals surface area (Å²) >= 11 is 0. The van der Waals surface area contributed by atoms with Gasteiger partial charge in [-0.25, -0.2) is 9.59 Å². The topological polar surface area (TPSA) is 85.4 Å². The summed E-state index contributed by atoms with van der Waals surface area (Å²) in [4.78, 5) is 41.6. The van der Waals surface area contributed by atoms with E-state index in [1.165, 1.54) is 12.0 Å². The third-order valence-corrected chi connectivity index (χ3v) is 2.55. The van der Waals surface area contributed by atoms with Gasteiger partial charge in [-0.1, -0.05) is 0 Å². The van der Waals surface area contributed by atoms with Crippen LogP contribution in [0.5, 0.6) is 0 Å². The molecule has 0 aliphatic heterocycles. The zero-order chi connectivity index (χ0) is 17.3. The Morgan fingerprint density at radius 3 is 1.95 bits per heavy atom. The van der Waals surface area contributed by atoms with Crippen molar-refractivity contribution in [3.05, 3.63) is 0 Å². The molecule has 0 unspecified atom stereocenters. The predicted molar refractivity (Wildman–Crippen MR) is 79.0 cm³/mol. The van der Waals surface area contributed by atoms with Crippen molar-refractivity contribution in [3.8, 4) is 0 Å². The molecule has 0 aliphatic carbocycles. The highest BCUT2D eigenvalue weighted by atomic mass is 16.8. The van der Waals surface area contributed by atoms with E-state index < -0.39 is 23.8 Å². The van der Waals surface area contributed by atoms with E-state index in [1.54, 1.807) is 34.6 Å². The molecular formula is C14H26N2O6. The van der Waals surface area contributed by atoms with Crippen LogP contribution in [0.15, 0.2) is 0 Å². The summed E-state index contributed by atoms with van der Waals surface area (Å²) in [5.74, 6) is -0.521. The molecule has 0 radical (unpaired) electrons. The van der Waals surface area contributed by atoms with Gasteiger partial charge in [0, 0.05) is 13.1 Å². The molecule has 0 saturated heterocycles. The number of ether oxygens (including phenoxy) is 2. The number of nitrogens with zero attached hydrogens (tertiary/aromatic N) is 2. The largest absolute Gasteiger partial charge is 0.469 e. The summed E-state index contributed by atoms with van der Waals surface area (Å²) in [6.07, 6.45) is -1.63. The van der Waals surface area contributed by atoms with E-state index >= 15 is 0 Å². The SMILES string of the molecule is CCN(CC)C(=O)ON(CCC(=O)OC)C(=O)OC(C)(C)C. The number of esters is 1. The van der Waals surface area contributed by atoms with Crippen LogP contribution in [0.3, 0.4) is 0 Å². The first-order valence-corrected chi connectivity index (χ1v) is 7.18. The molecule has 0 saturated carbocycles. The lowest BCUT2D eigenvalue weighted by molar-refractivity contribution is -0.145. The number of carbonyl (C=O) groups is 3. The second kappa shape index (κ2) is 9.11. The van der Waals surface area contributed by atoms with Crippen molar-refractivity contribution < 1.29 is 28.7 Å². The molecule has 8 heteroatoms. The smallest absolute Gasteiger partial charge is 0.443 e. The second-order valence-corrected chi connectivity index (χ2v) is 5.44. The molecule has 0 rings (SSSR count). The Morgan fingerprint density at radius 2 is 1.55 bits per heavy atom. The number of hydroxylamine groups is 2. The van der Waals surface area contributed by atoms with E-state index in [9.17, 15) is 14.4 Å². The van der Waals surface area contributed by atoms with Crippen LogP contribution in [0, 0.1) is 0 Å². The van der Waals surface area contributed by atoms with Gasteiger partial charge in [0.05, 0.1) is 20.1 Å². The molecular weight excluding hydrogens is 292 g/mol. The first-order chi connectivity index (χ1) is 10.1. The Labute approximate surface area is 131 Å². The molecule has 0 heterocycles. The highest BCUT2D eigenvalue weighted by molar-refractivity contribution is 5.74. The second-order valence-electron chi connectivity index (χ2n) is 5.44. The number of hydrogen-bond donors (Lipinski definition) is 0. The van der Waals surface area contributed by atoms with Gasteiger partial charge in [-0.2, -0.15) is 0 Å². The number of carbonyl (C=O) groups excluding carboxylic acids is 3. The van der Waals surface area contributed by atoms with Gasteiger partial charge in [0.15, 0.2) is 0 Å². The van der Waals surface area contributed by atoms with E-state index in [4.69, 9.17) is 9.57 Å². The van der Waals surface area contributed by atoms with E-state index in [1.807, 2.05) is 0 Å². The Bertz CT molecular complexity index is 387. The Hall–Kier alpha value is -1.99. The van der Waals surface area contributed by atoms with Crippen molar-refractivity contribution in [2.24, 2.45) is 0 Å². The van der Waals surface area contributed by atoms with Gasteiger partial charge in [-0.05, 0) is 34.6 Å². The summed E-state index contributed by atoms with van der Waals surface area (Å²) in [5.41, 5.74) is -0.748. The third kappa shape index (κ3) is 7.70. The molecule has 0 aromatic carbocycles. The summed E-state index contributed by atoms with van der Waals surface area (Å²) in [6, 6.07) is 0. The minimum Gasteiger partial charge on any atom is -0.469 e. The average Bonchev–Trinajstić information content (AvgIpc) is 2.42. The van der Waals surface area contributed by atoms with E-state index in [0.717, 1.165) is 5.06 Å². The van der Waals surface area contributed by atoms with Gasteiger partial charge in [-0.15, -0.1) is 5.06 Å². The van der Waals surface area contributed by atoms with Crippen LogP contribution in [-0.4, -0.2) is 60.5 Å². The van der Waals surface area contributed by atoms with Crippen molar-refractivity contribution >= 4 is 18.2 Å². The van der Waals surface area contributed by atoms with Crippen molar-refractivity contribution in [3.63, 3.8) is 0 Å². The van der Waals surface area contributed by atoms with Crippen LogP contribution < -0.4 is 0 Å². The van der Waals surface area contributed by atoms with Crippen LogP contribution in [0.2, 0.25) is 0 Å². The molecule has 0 spiro atoms. The van der Waals surface area contributed by atoms with Gasteiger partial charge in [-0.3, -0.25) is 4.79 Å². The first-order valence-electron chi connectivity index (χ1n) is 7.18. The van der Waals surface area contributed by atoms with E-state index in [-0.39, 0.29) is 13.0 Å². The van der Waals surface area contributed by atoms with Gasteiger partial charge in [0.2, 0.25) is 0 Å². The lowest BCUT2D eigenvalue weighted by atomic mass is 10.2. The summed E-state index contributed by atoms with van der Waals surface area (Å²) in [6.45, 7) is 9.38. The standard InChI is InChI=1S/C14H26N2O6/c1-7-15(8-2)12(18)22-16(10-9-11(17)20-6)13(19)21-14(3,4)5/h7-10H2,1-6H3. The van der Waals surface area contributed by atoms with Gasteiger partial charge in [0.1, 0.15) is 5.60 Å². The third-order valence-electron chi connectivity index (χ3n) is 2.55. The fraction of sp³-hybridized carbons (Fsp3) is 0.786. The zero-order valence-electron chi connectivity index (χ0n) is 14.2. The number of methoxy groups -OCH3 is 1. The zero-order valence-corrected chi connectivity index (χ0v) is 14.2. The van der Waals surface area contributed by atoms with Gasteiger partial charge in [0.25, 0.3) is 0 Å². The highest BCUT2D eigenvalue weighted by Crippen LogP contribution is 2.11. The predicted octanol–water partition coefficient (Wildman–Crippen LogP) is 2.18. The summed E-state index contributed by atoms with van der Waals surface area (Å²) in [7, 11) is 1.24. The van der Waals surface area contributed by atoms with Crippen molar-refractivity contribution in [1.82, 2.24) is 9.96 Å². The van der Waals surface area contributed by atoms with E-state index in [0.29, 0.717) is 13.1 Å². The maximum atomic E-state index is 12.1. The Morgan fingerprint density at radius 1 is 1.00 bits per heavy atom. The van der Waals surface area contributed by atoms with Crippen LogP contribution in [0.1, 0.15) is 41.0 Å². The van der Waals surface area contributed by atoms with E-state index in [2.05, 4.69) is 4.74 Å². The van der Waals surface area contributed by atoms with Crippen LogP contribution >= 0.6 is 0 Å². The molecule has 0 N–H and O–H groups in total. The maximum absolute atomic E-state index is 12.1. The lowest BCUT2D eigenvalue weighted by Crippen LogP contribution is -2.43. The first kappa shape index (κ1) is 20.0. The monoisotopic (exact) mass is 318 g/mol.